The number of aromatic nitrogens is 6. The first-order valence-corrected chi connectivity index (χ1v) is 12.4. The molecule has 0 unspecified atom stereocenters. The van der Waals surface area contributed by atoms with E-state index < -0.39 is 5.54 Å². The minimum absolute atomic E-state index is 0.0322. The highest BCUT2D eigenvalue weighted by atomic mass is 16.2. The molecule has 3 aromatic heterocycles. The topological polar surface area (TPSA) is 89.7 Å². The third kappa shape index (κ3) is 3.59. The van der Waals surface area contributed by atoms with Crippen molar-refractivity contribution in [3.8, 4) is 22.6 Å². The summed E-state index contributed by atoms with van der Waals surface area (Å²) in [7, 11) is 1.88. The summed E-state index contributed by atoms with van der Waals surface area (Å²) in [5.41, 5.74) is 6.35. The van der Waals surface area contributed by atoms with Gasteiger partial charge in [-0.2, -0.15) is 0 Å². The average Bonchev–Trinajstić information content (AvgIpc) is 3.39. The first kappa shape index (κ1) is 23.0. The Morgan fingerprint density at radius 2 is 1.70 bits per heavy atom. The zero-order valence-corrected chi connectivity index (χ0v) is 21.3. The molecule has 0 saturated heterocycles. The van der Waals surface area contributed by atoms with E-state index in [0.29, 0.717) is 24.3 Å². The van der Waals surface area contributed by atoms with Crippen molar-refractivity contribution in [1.29, 1.82) is 0 Å². The number of imidazole rings is 1. The fourth-order valence-electron chi connectivity index (χ4n) is 5.29. The molecular weight excluding hydrogens is 462 g/mol. The molecule has 4 heterocycles. The molecule has 0 spiro atoms. The maximum atomic E-state index is 13.2. The van der Waals surface area contributed by atoms with E-state index in [1.807, 2.05) is 49.2 Å². The Bertz CT molecular complexity index is 1640. The number of carbonyl (C=O) groups is 1. The highest BCUT2D eigenvalue weighted by molar-refractivity contribution is 6.01. The quantitative estimate of drug-likeness (QED) is 0.352. The molecule has 1 atom stereocenters. The van der Waals surface area contributed by atoms with Crippen LogP contribution in [0.1, 0.15) is 41.2 Å². The van der Waals surface area contributed by atoms with Crippen molar-refractivity contribution in [2.75, 3.05) is 7.05 Å². The Kier molecular flexibility index (Phi) is 5.33. The van der Waals surface area contributed by atoms with Crippen molar-refractivity contribution in [3.05, 3.63) is 89.8 Å². The van der Waals surface area contributed by atoms with Gasteiger partial charge in [-0.15, -0.1) is 0 Å². The Morgan fingerprint density at radius 1 is 0.946 bits per heavy atom. The van der Waals surface area contributed by atoms with Crippen LogP contribution in [0.2, 0.25) is 0 Å². The Hall–Kier alpha value is -4.46. The summed E-state index contributed by atoms with van der Waals surface area (Å²) in [4.78, 5) is 37.9. The van der Waals surface area contributed by atoms with Crippen molar-refractivity contribution < 1.29 is 4.79 Å². The van der Waals surface area contributed by atoms with Crippen LogP contribution in [-0.4, -0.2) is 47.3 Å². The maximum absolute atomic E-state index is 13.2. The fraction of sp³-hybridized carbons (Fsp3) is 0.241. The lowest BCUT2D eigenvalue weighted by molar-refractivity contribution is 0.0663. The van der Waals surface area contributed by atoms with Crippen LogP contribution in [-0.2, 0) is 18.5 Å². The maximum Gasteiger partial charge on any atom is 0.254 e. The van der Waals surface area contributed by atoms with Crippen molar-refractivity contribution >= 4 is 17.1 Å². The summed E-state index contributed by atoms with van der Waals surface area (Å²) in [6.07, 6.45) is 5.87. The smallest absolute Gasteiger partial charge is 0.254 e. The fourth-order valence-corrected chi connectivity index (χ4v) is 5.29. The molecule has 1 amide bonds. The van der Waals surface area contributed by atoms with Crippen molar-refractivity contribution in [2.24, 2.45) is 0 Å². The van der Waals surface area contributed by atoms with Crippen LogP contribution in [0.15, 0.2) is 67.3 Å². The molecule has 1 aliphatic heterocycles. The minimum atomic E-state index is -0.483. The number of fused-ring (bicyclic) bond motifs is 2. The predicted octanol–water partition coefficient (Wildman–Crippen LogP) is 4.82. The molecule has 0 aliphatic carbocycles. The van der Waals surface area contributed by atoms with E-state index in [1.54, 1.807) is 18.7 Å². The first-order chi connectivity index (χ1) is 17.9. The van der Waals surface area contributed by atoms with Crippen LogP contribution in [0.3, 0.4) is 0 Å². The van der Waals surface area contributed by atoms with Gasteiger partial charge in [0.05, 0.1) is 11.1 Å². The van der Waals surface area contributed by atoms with Crippen molar-refractivity contribution in [2.45, 2.75) is 39.3 Å². The third-order valence-corrected chi connectivity index (χ3v) is 7.43. The molecule has 8 heteroatoms. The standard InChI is InChI=1S/C29H27N7O/c1-5-36-26(21-15-30-18(2)31-16-21)34-25-24(32-17-33-27(25)36)20-11-12-22-23(13-20)29(3,35(4)28(22)37)14-19-9-7-6-8-10-19/h6-13,15-17H,5,14H2,1-4H3/t29-/m1/s1. The van der Waals surface area contributed by atoms with Crippen LogP contribution >= 0.6 is 0 Å². The predicted molar refractivity (Wildman–Crippen MR) is 142 cm³/mol. The number of aryl methyl sites for hydroxylation is 2. The second kappa shape index (κ2) is 8.58. The number of carbonyl (C=O) groups excluding carboxylic acids is 1. The molecule has 1 aliphatic rings. The van der Waals surface area contributed by atoms with Gasteiger partial charge in [0, 0.05) is 37.1 Å². The summed E-state index contributed by atoms with van der Waals surface area (Å²) in [5.74, 6) is 1.49. The molecule has 8 nitrogen and oxygen atoms in total. The second-order valence-electron chi connectivity index (χ2n) is 9.65. The molecule has 0 bridgehead atoms. The lowest BCUT2D eigenvalue weighted by Gasteiger charge is -2.33. The van der Waals surface area contributed by atoms with Crippen LogP contribution in [0.4, 0.5) is 0 Å². The summed E-state index contributed by atoms with van der Waals surface area (Å²) in [5, 5.41) is 0. The van der Waals surface area contributed by atoms with Gasteiger partial charge in [0.2, 0.25) is 0 Å². The first-order valence-electron chi connectivity index (χ1n) is 12.4. The van der Waals surface area contributed by atoms with E-state index >= 15 is 0 Å². The van der Waals surface area contributed by atoms with Crippen molar-refractivity contribution in [3.63, 3.8) is 0 Å². The number of hydrogen-bond acceptors (Lipinski definition) is 6. The van der Waals surface area contributed by atoms with Gasteiger partial charge in [0.25, 0.3) is 5.91 Å². The van der Waals surface area contributed by atoms with E-state index in [2.05, 4.69) is 56.5 Å². The summed E-state index contributed by atoms with van der Waals surface area (Å²) >= 11 is 0. The van der Waals surface area contributed by atoms with Gasteiger partial charge in [-0.25, -0.2) is 24.9 Å². The van der Waals surface area contributed by atoms with E-state index in [0.717, 1.165) is 39.4 Å². The Balaban J connectivity index is 1.50. The van der Waals surface area contributed by atoms with Crippen molar-refractivity contribution in [1.82, 2.24) is 34.4 Å². The van der Waals surface area contributed by atoms with Gasteiger partial charge in [-0.3, -0.25) is 4.79 Å². The summed E-state index contributed by atoms with van der Waals surface area (Å²) in [6.45, 7) is 6.74. The van der Waals surface area contributed by atoms with Crippen LogP contribution in [0.25, 0.3) is 33.8 Å². The van der Waals surface area contributed by atoms with Gasteiger partial charge >= 0.3 is 0 Å². The largest absolute Gasteiger partial charge is 0.332 e. The molecule has 0 fully saturated rings. The second-order valence-corrected chi connectivity index (χ2v) is 9.65. The lowest BCUT2D eigenvalue weighted by atomic mass is 9.84. The molecule has 0 N–H and O–H groups in total. The van der Waals surface area contributed by atoms with E-state index in [-0.39, 0.29) is 5.91 Å². The monoisotopic (exact) mass is 489 g/mol. The van der Waals surface area contributed by atoms with Crippen LogP contribution in [0, 0.1) is 6.92 Å². The van der Waals surface area contributed by atoms with E-state index in [1.165, 1.54) is 5.56 Å². The van der Waals surface area contributed by atoms with Gasteiger partial charge < -0.3 is 9.47 Å². The van der Waals surface area contributed by atoms with E-state index in [9.17, 15) is 4.79 Å². The number of benzene rings is 2. The molecule has 37 heavy (non-hydrogen) atoms. The van der Waals surface area contributed by atoms with Gasteiger partial charge in [0.15, 0.2) is 5.65 Å². The molecule has 2 aromatic carbocycles. The zero-order chi connectivity index (χ0) is 25.7. The molecular formula is C29H27N7O. The van der Waals surface area contributed by atoms with Crippen LogP contribution in [0.5, 0.6) is 0 Å². The molecule has 6 rings (SSSR count). The van der Waals surface area contributed by atoms with Crippen LogP contribution < -0.4 is 0 Å². The number of hydrogen-bond donors (Lipinski definition) is 0. The normalized spacial score (nSPS) is 17.0. The summed E-state index contributed by atoms with van der Waals surface area (Å²) < 4.78 is 2.05. The number of rotatable bonds is 5. The highest BCUT2D eigenvalue weighted by Gasteiger charge is 2.44. The molecule has 184 valence electrons. The average molecular weight is 490 g/mol. The Labute approximate surface area is 215 Å². The van der Waals surface area contributed by atoms with E-state index in [4.69, 9.17) is 4.98 Å². The van der Waals surface area contributed by atoms with Gasteiger partial charge in [0.1, 0.15) is 29.2 Å². The molecule has 0 radical (unpaired) electrons. The molecule has 5 aromatic rings. The highest BCUT2D eigenvalue weighted by Crippen LogP contribution is 2.42. The minimum Gasteiger partial charge on any atom is -0.332 e. The lowest BCUT2D eigenvalue weighted by Crippen LogP contribution is -2.40. The Morgan fingerprint density at radius 3 is 2.43 bits per heavy atom. The zero-order valence-electron chi connectivity index (χ0n) is 21.3. The SMILES string of the molecule is CCn1c(-c2cnc(C)nc2)nc2c(-c3ccc4c(c3)[C@@](C)(Cc3ccccc3)N(C)C4=O)ncnc21. The number of amides is 1. The van der Waals surface area contributed by atoms with Gasteiger partial charge in [-0.1, -0.05) is 36.4 Å². The molecule has 0 saturated carbocycles. The number of likely N-dealkylation sites (N-methyl/N-ethyl adjacent to an activating group) is 1. The summed E-state index contributed by atoms with van der Waals surface area (Å²) in [6, 6.07) is 16.3. The number of nitrogens with zero attached hydrogens (tertiary/aromatic N) is 7. The van der Waals surface area contributed by atoms with Gasteiger partial charge in [-0.05, 0) is 50.5 Å². The third-order valence-electron chi connectivity index (χ3n) is 7.43.